The van der Waals surface area contributed by atoms with E-state index in [0.717, 1.165) is 41.6 Å². The Balaban J connectivity index is 1.47. The zero-order chi connectivity index (χ0) is 24.5. The molecule has 0 bridgehead atoms. The average Bonchev–Trinajstić information content (AvgIpc) is 3.22. The van der Waals surface area contributed by atoms with Crippen molar-refractivity contribution in [1.82, 2.24) is 9.55 Å². The maximum absolute atomic E-state index is 13.8. The lowest BCUT2D eigenvalue weighted by atomic mass is 9.97. The van der Waals surface area contributed by atoms with Crippen LogP contribution in [0.15, 0.2) is 58.5 Å². The molecular weight excluding hydrogens is 482 g/mol. The smallest absolute Gasteiger partial charge is 0.267 e. The van der Waals surface area contributed by atoms with Crippen LogP contribution in [0.3, 0.4) is 0 Å². The molecule has 0 saturated heterocycles. The van der Waals surface area contributed by atoms with Crippen LogP contribution in [-0.4, -0.2) is 27.2 Å². The van der Waals surface area contributed by atoms with Crippen LogP contribution < -0.4 is 16.0 Å². The van der Waals surface area contributed by atoms with Gasteiger partial charge in [0, 0.05) is 10.6 Å². The highest BCUT2D eigenvalue weighted by atomic mass is 32.2. The first kappa shape index (κ1) is 23.3. The number of aryl methyl sites for hydroxylation is 3. The zero-order valence-electron chi connectivity index (χ0n) is 19.0. The summed E-state index contributed by atoms with van der Waals surface area (Å²) in [6.07, 6.45) is 4.06. The Morgan fingerprint density at radius 2 is 1.80 bits per heavy atom. The molecule has 1 N–H and O–H groups in total. The fourth-order valence-electron chi connectivity index (χ4n) is 4.22. The van der Waals surface area contributed by atoms with Crippen molar-refractivity contribution in [2.75, 3.05) is 11.1 Å². The summed E-state index contributed by atoms with van der Waals surface area (Å²) in [5.41, 5.74) is 3.35. The van der Waals surface area contributed by atoms with E-state index in [1.54, 1.807) is 15.9 Å². The number of nitrogens with zero attached hydrogens (tertiary/aromatic N) is 2. The minimum atomic E-state index is -1.27. The Hall–Kier alpha value is -3.43. The number of nitrogens with one attached hydrogen (secondary N) is 1. The molecular formula is C26H22N3O4S2-. The third-order valence-electron chi connectivity index (χ3n) is 5.99. The molecule has 0 atom stereocenters. The second kappa shape index (κ2) is 9.67. The first-order valence-electron chi connectivity index (χ1n) is 11.3. The lowest BCUT2D eigenvalue weighted by molar-refractivity contribution is -0.255. The molecule has 1 aliphatic rings. The molecule has 2 aromatic carbocycles. The number of aromatic carboxylic acids is 1. The van der Waals surface area contributed by atoms with Gasteiger partial charge in [-0.3, -0.25) is 14.2 Å². The summed E-state index contributed by atoms with van der Waals surface area (Å²) in [5, 5.41) is 14.8. The first-order valence-corrected chi connectivity index (χ1v) is 13.1. The number of aromatic nitrogens is 2. The van der Waals surface area contributed by atoms with Gasteiger partial charge in [-0.2, -0.15) is 0 Å². The molecule has 0 saturated carbocycles. The summed E-state index contributed by atoms with van der Waals surface area (Å²) >= 11 is 2.78. The van der Waals surface area contributed by atoms with Gasteiger partial charge in [0.2, 0.25) is 5.91 Å². The molecule has 0 fully saturated rings. The number of hydrogen-bond donors (Lipinski definition) is 1. The Morgan fingerprint density at radius 3 is 2.51 bits per heavy atom. The normalized spacial score (nSPS) is 12.9. The van der Waals surface area contributed by atoms with Crippen LogP contribution in [-0.2, 0) is 17.6 Å². The van der Waals surface area contributed by atoms with Crippen LogP contribution in [0.1, 0.15) is 39.2 Å². The Bertz CT molecular complexity index is 1490. The van der Waals surface area contributed by atoms with E-state index in [4.69, 9.17) is 4.98 Å². The van der Waals surface area contributed by atoms with Crippen LogP contribution >= 0.6 is 23.1 Å². The van der Waals surface area contributed by atoms with E-state index >= 15 is 0 Å². The maximum Gasteiger partial charge on any atom is 0.267 e. The number of anilines is 1. The number of carbonyl (C=O) groups is 2. The fraction of sp³-hybridized carbons (Fsp3) is 0.231. The van der Waals surface area contributed by atoms with Gasteiger partial charge < -0.3 is 15.2 Å². The molecule has 9 heteroatoms. The second-order valence-electron chi connectivity index (χ2n) is 8.46. The number of hydrogen-bond acceptors (Lipinski definition) is 7. The largest absolute Gasteiger partial charge is 0.545 e. The van der Waals surface area contributed by atoms with E-state index in [1.807, 2.05) is 31.2 Å². The predicted octanol–water partition coefficient (Wildman–Crippen LogP) is 3.73. The van der Waals surface area contributed by atoms with Crippen LogP contribution in [0, 0.1) is 6.92 Å². The van der Waals surface area contributed by atoms with Gasteiger partial charge in [-0.05, 0) is 68.0 Å². The van der Waals surface area contributed by atoms with Crippen LogP contribution in [0.2, 0.25) is 0 Å². The second-order valence-corrected chi connectivity index (χ2v) is 10.5. The number of thioether (sulfide) groups is 1. The summed E-state index contributed by atoms with van der Waals surface area (Å²) in [5.74, 6) is -1.52. The fourth-order valence-corrected chi connectivity index (χ4v) is 6.34. The molecule has 2 heterocycles. The van der Waals surface area contributed by atoms with Gasteiger partial charge >= 0.3 is 0 Å². The monoisotopic (exact) mass is 504 g/mol. The summed E-state index contributed by atoms with van der Waals surface area (Å²) in [6.45, 7) is 1.99. The summed E-state index contributed by atoms with van der Waals surface area (Å²) in [6, 6.07) is 13.5. The molecule has 5 rings (SSSR count). The van der Waals surface area contributed by atoms with Crippen LogP contribution in [0.4, 0.5) is 5.69 Å². The molecule has 0 spiro atoms. The molecule has 0 aliphatic heterocycles. The van der Waals surface area contributed by atoms with E-state index in [-0.39, 0.29) is 22.8 Å². The number of benzene rings is 2. The van der Waals surface area contributed by atoms with Gasteiger partial charge in [0.25, 0.3) is 5.56 Å². The molecule has 7 nitrogen and oxygen atoms in total. The summed E-state index contributed by atoms with van der Waals surface area (Å²) < 4.78 is 1.61. The average molecular weight is 505 g/mol. The van der Waals surface area contributed by atoms with E-state index < -0.39 is 5.97 Å². The van der Waals surface area contributed by atoms with E-state index in [9.17, 15) is 19.5 Å². The highest BCUT2D eigenvalue weighted by Gasteiger charge is 2.23. The number of rotatable bonds is 6. The standard InChI is InChI=1S/C26H23N3O4S2/c1-15-6-12-18(13-7-15)29-24(31)22-19-4-2-3-5-20(19)35-23(22)28-26(29)34-14-21(30)27-17-10-8-16(9-11-17)25(32)33/h6-13H,2-5,14H2,1H3,(H,27,30)(H,32,33)/p-1. The molecule has 35 heavy (non-hydrogen) atoms. The Kier molecular flexibility index (Phi) is 6.44. The SMILES string of the molecule is Cc1ccc(-n2c(SCC(=O)Nc3ccc(C(=O)[O-])cc3)nc3sc4c(c3c2=O)CCCC4)cc1. The molecule has 1 amide bonds. The number of carbonyl (C=O) groups excluding carboxylic acids is 2. The van der Waals surface area contributed by atoms with Gasteiger partial charge in [-0.15, -0.1) is 11.3 Å². The van der Waals surface area contributed by atoms with E-state index in [1.165, 1.54) is 40.9 Å². The van der Waals surface area contributed by atoms with Crippen molar-refractivity contribution in [3.05, 3.63) is 80.5 Å². The molecule has 1 aliphatic carbocycles. The molecule has 2 aromatic heterocycles. The van der Waals surface area contributed by atoms with Crippen molar-refractivity contribution < 1.29 is 14.7 Å². The van der Waals surface area contributed by atoms with Crippen molar-refractivity contribution in [2.24, 2.45) is 0 Å². The van der Waals surface area contributed by atoms with Crippen molar-refractivity contribution in [2.45, 2.75) is 37.8 Å². The van der Waals surface area contributed by atoms with Gasteiger partial charge in [0.05, 0.1) is 22.8 Å². The third kappa shape index (κ3) is 4.74. The van der Waals surface area contributed by atoms with Gasteiger partial charge in [-0.25, -0.2) is 4.98 Å². The van der Waals surface area contributed by atoms with Crippen LogP contribution in [0.25, 0.3) is 15.9 Å². The lowest BCUT2D eigenvalue weighted by Gasteiger charge is -2.14. The summed E-state index contributed by atoms with van der Waals surface area (Å²) in [7, 11) is 0. The minimum absolute atomic E-state index is 0.0376. The number of amides is 1. The van der Waals surface area contributed by atoms with Gasteiger partial charge in [-0.1, -0.05) is 41.6 Å². The molecule has 0 unspecified atom stereocenters. The zero-order valence-corrected chi connectivity index (χ0v) is 20.6. The Morgan fingerprint density at radius 1 is 1.09 bits per heavy atom. The predicted molar refractivity (Wildman–Crippen MR) is 137 cm³/mol. The highest BCUT2D eigenvalue weighted by molar-refractivity contribution is 7.99. The van der Waals surface area contributed by atoms with Crippen molar-refractivity contribution in [1.29, 1.82) is 0 Å². The molecule has 0 radical (unpaired) electrons. The number of thiophene rings is 1. The topological polar surface area (TPSA) is 104 Å². The third-order valence-corrected chi connectivity index (χ3v) is 8.11. The molecule has 178 valence electrons. The van der Waals surface area contributed by atoms with Gasteiger partial charge in [0.15, 0.2) is 5.16 Å². The minimum Gasteiger partial charge on any atom is -0.545 e. The van der Waals surface area contributed by atoms with E-state index in [2.05, 4.69) is 5.32 Å². The van der Waals surface area contributed by atoms with Crippen molar-refractivity contribution in [3.8, 4) is 5.69 Å². The summed E-state index contributed by atoms with van der Waals surface area (Å²) in [4.78, 5) is 44.1. The number of fused-ring (bicyclic) bond motifs is 3. The lowest BCUT2D eigenvalue weighted by Crippen LogP contribution is -2.23. The quantitative estimate of drug-likeness (QED) is 0.317. The maximum atomic E-state index is 13.8. The van der Waals surface area contributed by atoms with E-state index in [0.29, 0.717) is 21.9 Å². The number of carboxylic acid groups (broad SMARTS) is 1. The van der Waals surface area contributed by atoms with Crippen molar-refractivity contribution in [3.63, 3.8) is 0 Å². The highest BCUT2D eigenvalue weighted by Crippen LogP contribution is 2.35. The van der Waals surface area contributed by atoms with Crippen molar-refractivity contribution >= 4 is 50.9 Å². The Labute approximate surface area is 209 Å². The van der Waals surface area contributed by atoms with Crippen LogP contribution in [0.5, 0.6) is 0 Å². The number of carboxylic acids is 1. The molecule has 4 aromatic rings. The van der Waals surface area contributed by atoms with Gasteiger partial charge in [0.1, 0.15) is 4.83 Å². The first-order chi connectivity index (χ1) is 16.9.